The lowest BCUT2D eigenvalue weighted by Gasteiger charge is -2.11. The van der Waals surface area contributed by atoms with Gasteiger partial charge in [-0.05, 0) is 50.6 Å². The smallest absolute Gasteiger partial charge is 0.253 e. The molecule has 0 amide bonds. The third-order valence-corrected chi connectivity index (χ3v) is 5.05. The number of nitriles is 1. The van der Waals surface area contributed by atoms with Gasteiger partial charge in [-0.25, -0.2) is 9.50 Å². The number of fused-ring (bicyclic) bond motifs is 1. The molecule has 2 aromatic heterocycles. The van der Waals surface area contributed by atoms with Crippen molar-refractivity contribution in [2.75, 3.05) is 12.4 Å². The molecule has 26 heavy (non-hydrogen) atoms. The van der Waals surface area contributed by atoms with Crippen LogP contribution in [0, 0.1) is 32.1 Å². The normalized spacial score (nSPS) is 12.1. The average Bonchev–Trinajstić information content (AvgIpc) is 3.06. The number of hydrogen-bond acceptors (Lipinski definition) is 7. The Morgan fingerprint density at radius 3 is 2.65 bits per heavy atom. The summed E-state index contributed by atoms with van der Waals surface area (Å²) >= 11 is 1.36. The van der Waals surface area contributed by atoms with E-state index >= 15 is 0 Å². The quantitative estimate of drug-likeness (QED) is 0.667. The summed E-state index contributed by atoms with van der Waals surface area (Å²) in [5.74, 6) is 1.59. The molecule has 0 spiro atoms. The van der Waals surface area contributed by atoms with Crippen LogP contribution in [-0.4, -0.2) is 43.2 Å². The Morgan fingerprint density at radius 2 is 1.96 bits per heavy atom. The molecule has 0 aliphatic carbocycles. The summed E-state index contributed by atoms with van der Waals surface area (Å²) in [6.07, 6.45) is -0.667. The molecule has 1 atom stereocenters. The van der Waals surface area contributed by atoms with E-state index in [1.54, 1.807) is 28.8 Å². The zero-order chi connectivity index (χ0) is 18.7. The fourth-order valence-electron chi connectivity index (χ4n) is 2.34. The van der Waals surface area contributed by atoms with Crippen LogP contribution in [-0.2, 0) is 0 Å². The fraction of sp³-hybridized carbons (Fsp3) is 0.333. The van der Waals surface area contributed by atoms with E-state index in [0.717, 1.165) is 17.0 Å². The molecule has 0 aliphatic rings. The molecule has 134 valence electrons. The lowest BCUT2D eigenvalue weighted by atomic mass is 10.2. The standard InChI is InChI=1S/C18H19N5O2S/c1-11-12(2)20-17-21-18(22-23(17)13(11)3)26-10-15(24)9-25-16-6-4-14(8-19)5-7-16/h4-7,15,24H,9-10H2,1-3H3/t15-/m0/s1. The van der Waals surface area contributed by atoms with Gasteiger partial charge in [-0.1, -0.05) is 11.8 Å². The van der Waals surface area contributed by atoms with Gasteiger partial charge in [0.2, 0.25) is 5.16 Å². The highest BCUT2D eigenvalue weighted by atomic mass is 32.2. The first-order valence-corrected chi connectivity index (χ1v) is 9.11. The highest BCUT2D eigenvalue weighted by molar-refractivity contribution is 7.99. The van der Waals surface area contributed by atoms with Gasteiger partial charge in [0.15, 0.2) is 0 Å². The van der Waals surface area contributed by atoms with E-state index in [1.807, 2.05) is 20.8 Å². The highest BCUT2D eigenvalue weighted by Crippen LogP contribution is 2.19. The first kappa shape index (κ1) is 18.2. The SMILES string of the molecule is Cc1nc2nc(SC[C@@H](O)COc3ccc(C#N)cc3)nn2c(C)c1C. The number of hydrogen-bond donors (Lipinski definition) is 1. The fourth-order valence-corrected chi connectivity index (χ4v) is 3.06. The average molecular weight is 369 g/mol. The van der Waals surface area contributed by atoms with E-state index in [-0.39, 0.29) is 6.61 Å². The predicted molar refractivity (Wildman–Crippen MR) is 98.4 cm³/mol. The highest BCUT2D eigenvalue weighted by Gasteiger charge is 2.13. The second kappa shape index (κ2) is 7.72. The number of aryl methyl sites for hydroxylation is 2. The van der Waals surface area contributed by atoms with E-state index < -0.39 is 6.10 Å². The summed E-state index contributed by atoms with van der Waals surface area (Å²) in [7, 11) is 0. The molecule has 0 saturated heterocycles. The van der Waals surface area contributed by atoms with Crippen molar-refractivity contribution in [1.29, 1.82) is 5.26 Å². The molecule has 3 aromatic rings. The van der Waals surface area contributed by atoms with E-state index in [2.05, 4.69) is 21.1 Å². The lowest BCUT2D eigenvalue weighted by Crippen LogP contribution is -2.20. The maximum absolute atomic E-state index is 10.1. The molecule has 7 nitrogen and oxygen atoms in total. The van der Waals surface area contributed by atoms with Crippen molar-refractivity contribution in [2.24, 2.45) is 0 Å². The second-order valence-electron chi connectivity index (χ2n) is 5.93. The number of aliphatic hydroxyl groups excluding tert-OH is 1. The third kappa shape index (κ3) is 3.95. The number of aliphatic hydroxyl groups is 1. The number of nitrogens with zero attached hydrogens (tertiary/aromatic N) is 5. The van der Waals surface area contributed by atoms with Crippen LogP contribution in [0.1, 0.15) is 22.5 Å². The largest absolute Gasteiger partial charge is 0.491 e. The van der Waals surface area contributed by atoms with E-state index in [1.165, 1.54) is 11.8 Å². The van der Waals surface area contributed by atoms with Gasteiger partial charge in [-0.3, -0.25) is 0 Å². The van der Waals surface area contributed by atoms with Crippen molar-refractivity contribution >= 4 is 17.5 Å². The van der Waals surface area contributed by atoms with Crippen molar-refractivity contribution in [3.63, 3.8) is 0 Å². The van der Waals surface area contributed by atoms with Gasteiger partial charge < -0.3 is 9.84 Å². The van der Waals surface area contributed by atoms with Gasteiger partial charge in [-0.2, -0.15) is 10.2 Å². The lowest BCUT2D eigenvalue weighted by molar-refractivity contribution is 0.126. The minimum Gasteiger partial charge on any atom is -0.491 e. The Kier molecular flexibility index (Phi) is 5.40. The van der Waals surface area contributed by atoms with Crippen molar-refractivity contribution in [2.45, 2.75) is 32.0 Å². The molecular weight excluding hydrogens is 350 g/mol. The van der Waals surface area contributed by atoms with Gasteiger partial charge in [-0.15, -0.1) is 5.10 Å². The summed E-state index contributed by atoms with van der Waals surface area (Å²) in [5, 5.41) is 23.9. The molecule has 8 heteroatoms. The van der Waals surface area contributed by atoms with Crippen LogP contribution >= 0.6 is 11.8 Å². The third-order valence-electron chi connectivity index (χ3n) is 4.07. The summed E-state index contributed by atoms with van der Waals surface area (Å²) in [6.45, 7) is 6.10. The number of rotatable bonds is 6. The molecule has 2 heterocycles. The molecule has 1 N–H and O–H groups in total. The topological polar surface area (TPSA) is 96.3 Å². The Bertz CT molecular complexity index is 962. The van der Waals surface area contributed by atoms with Gasteiger partial charge in [0.25, 0.3) is 5.78 Å². The first-order valence-electron chi connectivity index (χ1n) is 8.12. The second-order valence-corrected chi connectivity index (χ2v) is 6.91. The summed E-state index contributed by atoms with van der Waals surface area (Å²) in [5.41, 5.74) is 3.61. The van der Waals surface area contributed by atoms with Gasteiger partial charge in [0.1, 0.15) is 12.4 Å². The number of thioether (sulfide) groups is 1. The van der Waals surface area contributed by atoms with Crippen LogP contribution in [0.25, 0.3) is 5.78 Å². The first-order chi connectivity index (χ1) is 12.5. The van der Waals surface area contributed by atoms with Crippen LogP contribution in [0.3, 0.4) is 0 Å². The molecule has 0 aliphatic heterocycles. The minimum atomic E-state index is -0.667. The molecule has 0 bridgehead atoms. The van der Waals surface area contributed by atoms with E-state index in [0.29, 0.717) is 28.0 Å². The summed E-state index contributed by atoms with van der Waals surface area (Å²) < 4.78 is 7.26. The molecule has 1 aromatic carbocycles. The summed E-state index contributed by atoms with van der Waals surface area (Å²) in [4.78, 5) is 8.85. The number of ether oxygens (including phenoxy) is 1. The monoisotopic (exact) mass is 369 g/mol. The Morgan fingerprint density at radius 1 is 1.23 bits per heavy atom. The van der Waals surface area contributed by atoms with Crippen LogP contribution in [0.4, 0.5) is 0 Å². The van der Waals surface area contributed by atoms with Crippen LogP contribution < -0.4 is 4.74 Å². The zero-order valence-corrected chi connectivity index (χ0v) is 15.6. The number of aromatic nitrogens is 4. The van der Waals surface area contributed by atoms with E-state index in [4.69, 9.17) is 10.00 Å². The Labute approximate surface area is 155 Å². The van der Waals surface area contributed by atoms with Gasteiger partial charge >= 0.3 is 0 Å². The molecular formula is C18H19N5O2S. The van der Waals surface area contributed by atoms with Crippen molar-refractivity contribution < 1.29 is 9.84 Å². The van der Waals surface area contributed by atoms with Gasteiger partial charge in [0, 0.05) is 17.1 Å². The predicted octanol–water partition coefficient (Wildman–Crippen LogP) is 2.45. The molecule has 3 rings (SSSR count). The molecule has 0 fully saturated rings. The number of benzene rings is 1. The van der Waals surface area contributed by atoms with Crippen LogP contribution in [0.5, 0.6) is 5.75 Å². The van der Waals surface area contributed by atoms with Crippen LogP contribution in [0.2, 0.25) is 0 Å². The van der Waals surface area contributed by atoms with Crippen molar-refractivity contribution in [3.8, 4) is 11.8 Å². The van der Waals surface area contributed by atoms with E-state index in [9.17, 15) is 5.11 Å². The molecule has 0 unspecified atom stereocenters. The van der Waals surface area contributed by atoms with Crippen molar-refractivity contribution in [3.05, 3.63) is 46.8 Å². The van der Waals surface area contributed by atoms with Crippen molar-refractivity contribution in [1.82, 2.24) is 19.6 Å². The van der Waals surface area contributed by atoms with Crippen LogP contribution in [0.15, 0.2) is 29.4 Å². The molecule has 0 saturated carbocycles. The maximum Gasteiger partial charge on any atom is 0.253 e. The summed E-state index contributed by atoms with van der Waals surface area (Å²) in [6, 6.07) is 8.82. The Hall–Kier alpha value is -2.63. The van der Waals surface area contributed by atoms with Gasteiger partial charge in [0.05, 0.1) is 17.7 Å². The zero-order valence-electron chi connectivity index (χ0n) is 14.8. The molecule has 0 radical (unpaired) electrons. The maximum atomic E-state index is 10.1. The Balaban J connectivity index is 1.57. The minimum absolute atomic E-state index is 0.155.